The Morgan fingerprint density at radius 3 is 0.875 bits per heavy atom. The van der Waals surface area contributed by atoms with E-state index in [2.05, 4.69) is 118 Å². The average molecular weight is 1110 g/mol. The van der Waals surface area contributed by atoms with Crippen LogP contribution in [-0.2, 0) is 28.6 Å². The third kappa shape index (κ3) is 64.9. The van der Waals surface area contributed by atoms with Gasteiger partial charge in [0.05, 0.1) is 6.42 Å². The fraction of sp³-hybridized carbons (Fsp3) is 0.716. The molecule has 0 N–H and O–H groups in total. The Labute approximate surface area is 495 Å². The first-order chi connectivity index (χ1) is 39.5. The van der Waals surface area contributed by atoms with Gasteiger partial charge in [-0.2, -0.15) is 0 Å². The van der Waals surface area contributed by atoms with Crippen LogP contribution in [-0.4, -0.2) is 37.2 Å². The zero-order valence-electron chi connectivity index (χ0n) is 52.6. The third-order valence-corrected chi connectivity index (χ3v) is 14.6. The SMILES string of the molecule is CC/C=C\C/C=C\C/C=C\C/C=C\C/C=C\CC(=O)OCC(COC(=O)CCCCCCCCCCCCCCCCCCCCCCCCCCCCCC)OC(=O)CCCCCCCC/C=C\C/C=C\C/C=C\C/C=C\CC. The monoisotopic (exact) mass is 1110 g/mol. The van der Waals surface area contributed by atoms with Gasteiger partial charge in [0.1, 0.15) is 13.2 Å². The summed E-state index contributed by atoms with van der Waals surface area (Å²) in [5, 5.41) is 0. The van der Waals surface area contributed by atoms with Gasteiger partial charge in [0.25, 0.3) is 0 Å². The van der Waals surface area contributed by atoms with Crippen LogP contribution in [0.2, 0.25) is 0 Å². The van der Waals surface area contributed by atoms with E-state index in [-0.39, 0.29) is 31.6 Å². The summed E-state index contributed by atoms with van der Waals surface area (Å²) < 4.78 is 16.8. The van der Waals surface area contributed by atoms with E-state index in [0.29, 0.717) is 12.8 Å². The molecule has 0 aromatic rings. The van der Waals surface area contributed by atoms with E-state index in [0.717, 1.165) is 109 Å². The van der Waals surface area contributed by atoms with Crippen molar-refractivity contribution in [3.63, 3.8) is 0 Å². The maximum absolute atomic E-state index is 12.9. The number of ether oxygens (including phenoxy) is 3. The summed E-state index contributed by atoms with van der Waals surface area (Å²) in [4.78, 5) is 38.3. The minimum Gasteiger partial charge on any atom is -0.462 e. The molecule has 0 aromatic carbocycles. The first-order valence-corrected chi connectivity index (χ1v) is 33.9. The summed E-state index contributed by atoms with van der Waals surface area (Å²) in [6.45, 7) is 6.35. The lowest BCUT2D eigenvalue weighted by Crippen LogP contribution is -2.30. The minimum atomic E-state index is -0.828. The average Bonchev–Trinajstić information content (AvgIpc) is 3.46. The van der Waals surface area contributed by atoms with Gasteiger partial charge in [-0.25, -0.2) is 0 Å². The molecule has 0 radical (unpaired) electrons. The molecule has 0 aliphatic heterocycles. The molecule has 0 aromatic heterocycles. The smallest absolute Gasteiger partial charge is 0.309 e. The molecular formula is C74H126O6. The van der Waals surface area contributed by atoms with Crippen LogP contribution in [0.3, 0.4) is 0 Å². The standard InChI is InChI=1S/C74H126O6/c1-4-7-10-13-16-19-22-25-28-30-32-33-34-35-36-37-38-39-40-42-43-46-49-52-55-58-61-64-67-73(76)79-70-71(69-78-72(75)66-63-60-57-54-51-48-45-27-24-21-18-15-12-9-6-3)80-74(77)68-65-62-59-56-53-50-47-44-41-31-29-26-23-20-17-14-11-8-5-2/h8-9,11-12,17-18,20-21,26-27,29,41,44-45,51,54,60,63,71H,4-7,10,13-16,19,22-25,28,30-40,42-43,46-50,52-53,55-59,61-62,64-70H2,1-3H3/b11-8-,12-9-,20-17-,21-18-,29-26-,44-41-,45-27-,54-51-,63-60-. The Morgan fingerprint density at radius 2 is 0.537 bits per heavy atom. The van der Waals surface area contributed by atoms with Gasteiger partial charge in [0.15, 0.2) is 6.10 Å². The van der Waals surface area contributed by atoms with E-state index in [9.17, 15) is 14.4 Å². The summed E-state index contributed by atoms with van der Waals surface area (Å²) in [5.41, 5.74) is 0. The summed E-state index contributed by atoms with van der Waals surface area (Å²) >= 11 is 0. The maximum atomic E-state index is 12.9. The van der Waals surface area contributed by atoms with E-state index in [1.165, 1.54) is 173 Å². The molecule has 0 aliphatic carbocycles. The van der Waals surface area contributed by atoms with Gasteiger partial charge in [-0.3, -0.25) is 14.4 Å². The molecule has 0 saturated heterocycles. The van der Waals surface area contributed by atoms with Crippen molar-refractivity contribution in [2.75, 3.05) is 13.2 Å². The fourth-order valence-corrected chi connectivity index (χ4v) is 9.57. The molecule has 80 heavy (non-hydrogen) atoms. The lowest BCUT2D eigenvalue weighted by molar-refractivity contribution is -0.166. The number of carbonyl (C=O) groups excluding carboxylic acids is 3. The number of allylic oxidation sites excluding steroid dienone is 17. The van der Waals surface area contributed by atoms with E-state index >= 15 is 0 Å². The Bertz CT molecular complexity index is 1610. The maximum Gasteiger partial charge on any atom is 0.309 e. The lowest BCUT2D eigenvalue weighted by Gasteiger charge is -2.18. The van der Waals surface area contributed by atoms with Gasteiger partial charge < -0.3 is 14.2 Å². The van der Waals surface area contributed by atoms with Crippen molar-refractivity contribution in [3.05, 3.63) is 109 Å². The van der Waals surface area contributed by atoms with Crippen LogP contribution in [0.15, 0.2) is 109 Å². The molecule has 0 fully saturated rings. The van der Waals surface area contributed by atoms with Crippen molar-refractivity contribution < 1.29 is 28.6 Å². The highest BCUT2D eigenvalue weighted by Crippen LogP contribution is 2.18. The zero-order chi connectivity index (χ0) is 57.8. The van der Waals surface area contributed by atoms with Crippen LogP contribution in [0.5, 0.6) is 0 Å². The predicted octanol–water partition coefficient (Wildman–Crippen LogP) is 23.4. The molecule has 0 aliphatic rings. The Morgan fingerprint density at radius 1 is 0.275 bits per heavy atom. The normalized spacial score (nSPS) is 12.8. The quantitative estimate of drug-likeness (QED) is 0.0261. The van der Waals surface area contributed by atoms with Gasteiger partial charge in [-0.05, 0) is 83.5 Å². The molecule has 0 saturated carbocycles. The molecule has 6 nitrogen and oxygen atoms in total. The van der Waals surface area contributed by atoms with Crippen molar-refractivity contribution >= 4 is 17.9 Å². The summed E-state index contributed by atoms with van der Waals surface area (Å²) in [6.07, 6.45) is 92.9. The minimum absolute atomic E-state index is 0.113. The van der Waals surface area contributed by atoms with Crippen LogP contribution in [0.4, 0.5) is 0 Å². The van der Waals surface area contributed by atoms with E-state index < -0.39 is 12.1 Å². The fourth-order valence-electron chi connectivity index (χ4n) is 9.57. The number of hydrogen-bond donors (Lipinski definition) is 0. The number of esters is 3. The van der Waals surface area contributed by atoms with E-state index in [1.54, 1.807) is 6.08 Å². The topological polar surface area (TPSA) is 78.9 Å². The largest absolute Gasteiger partial charge is 0.462 e. The van der Waals surface area contributed by atoms with Crippen molar-refractivity contribution in [3.8, 4) is 0 Å². The van der Waals surface area contributed by atoms with E-state index in [1.807, 2.05) is 6.08 Å². The zero-order valence-corrected chi connectivity index (χ0v) is 52.6. The van der Waals surface area contributed by atoms with Crippen LogP contribution in [0.25, 0.3) is 0 Å². The summed E-state index contributed by atoms with van der Waals surface area (Å²) in [6, 6.07) is 0. The van der Waals surface area contributed by atoms with Crippen molar-refractivity contribution in [2.24, 2.45) is 0 Å². The molecule has 0 spiro atoms. The molecule has 0 amide bonds. The highest BCUT2D eigenvalue weighted by atomic mass is 16.6. The molecular weight excluding hydrogens is 985 g/mol. The third-order valence-electron chi connectivity index (χ3n) is 14.6. The van der Waals surface area contributed by atoms with Gasteiger partial charge >= 0.3 is 17.9 Å². The Kier molecular flexibility index (Phi) is 64.3. The molecule has 6 heteroatoms. The van der Waals surface area contributed by atoms with Crippen LogP contribution in [0, 0.1) is 0 Å². The van der Waals surface area contributed by atoms with Gasteiger partial charge in [0, 0.05) is 12.8 Å². The summed E-state index contributed by atoms with van der Waals surface area (Å²) in [5.74, 6) is -1.05. The number of hydrogen-bond acceptors (Lipinski definition) is 6. The molecule has 458 valence electrons. The number of rotatable bonds is 61. The molecule has 1 atom stereocenters. The predicted molar refractivity (Wildman–Crippen MR) is 348 cm³/mol. The Hall–Kier alpha value is -3.93. The highest BCUT2D eigenvalue weighted by Gasteiger charge is 2.19. The first-order valence-electron chi connectivity index (χ1n) is 33.9. The Balaban J connectivity index is 4.34. The van der Waals surface area contributed by atoms with Crippen LogP contribution in [0.1, 0.15) is 323 Å². The van der Waals surface area contributed by atoms with Crippen LogP contribution >= 0.6 is 0 Å². The van der Waals surface area contributed by atoms with Gasteiger partial charge in [0.2, 0.25) is 0 Å². The van der Waals surface area contributed by atoms with Crippen molar-refractivity contribution in [1.29, 1.82) is 0 Å². The lowest BCUT2D eigenvalue weighted by atomic mass is 10.0. The molecule has 1 unspecified atom stereocenters. The molecule has 0 rings (SSSR count). The number of carbonyl (C=O) groups is 3. The highest BCUT2D eigenvalue weighted by molar-refractivity contribution is 5.72. The number of unbranched alkanes of at least 4 members (excludes halogenated alkanes) is 33. The van der Waals surface area contributed by atoms with Gasteiger partial charge in [-0.15, -0.1) is 0 Å². The van der Waals surface area contributed by atoms with Crippen LogP contribution < -0.4 is 0 Å². The second-order valence-corrected chi connectivity index (χ2v) is 22.3. The van der Waals surface area contributed by atoms with E-state index in [4.69, 9.17) is 14.2 Å². The first kappa shape index (κ1) is 76.1. The van der Waals surface area contributed by atoms with Crippen molar-refractivity contribution in [2.45, 2.75) is 329 Å². The molecule has 0 heterocycles. The van der Waals surface area contributed by atoms with Gasteiger partial charge in [-0.1, -0.05) is 329 Å². The van der Waals surface area contributed by atoms with Crippen molar-refractivity contribution in [1.82, 2.24) is 0 Å². The second-order valence-electron chi connectivity index (χ2n) is 22.3. The molecule has 0 bridgehead atoms. The summed E-state index contributed by atoms with van der Waals surface area (Å²) in [7, 11) is 0. The second kappa shape index (κ2) is 67.6.